The Hall–Kier alpha value is -3.78. The Bertz CT molecular complexity index is 1310. The van der Waals surface area contributed by atoms with Crippen molar-refractivity contribution < 1.29 is 4.79 Å². The first-order valence-electron chi connectivity index (χ1n) is 8.53. The van der Waals surface area contributed by atoms with E-state index < -0.39 is 5.91 Å². The van der Waals surface area contributed by atoms with Crippen molar-refractivity contribution in [3.05, 3.63) is 66.7 Å². The minimum Gasteiger partial charge on any atom is -0.382 e. The van der Waals surface area contributed by atoms with E-state index in [9.17, 15) is 4.79 Å². The number of nitrogens with zero attached hydrogens (tertiary/aromatic N) is 3. The Labute approximate surface area is 163 Å². The number of hydrogen-bond donors (Lipinski definition) is 3. The Balaban J connectivity index is 1.60. The number of amides is 1. The van der Waals surface area contributed by atoms with Crippen LogP contribution in [0.25, 0.3) is 31.4 Å². The third kappa shape index (κ3) is 2.76. The van der Waals surface area contributed by atoms with Crippen LogP contribution in [0.1, 0.15) is 10.5 Å². The van der Waals surface area contributed by atoms with E-state index in [1.165, 1.54) is 22.5 Å². The number of benzene rings is 2. The Morgan fingerprint density at radius 1 is 1.07 bits per heavy atom. The molecule has 0 spiro atoms. The van der Waals surface area contributed by atoms with Gasteiger partial charge in [-0.1, -0.05) is 18.2 Å². The minimum absolute atomic E-state index is 0.0918. The molecule has 0 radical (unpaired) electrons. The molecule has 0 fully saturated rings. The van der Waals surface area contributed by atoms with Gasteiger partial charge in [0.1, 0.15) is 0 Å². The van der Waals surface area contributed by atoms with E-state index in [0.29, 0.717) is 5.69 Å². The van der Waals surface area contributed by atoms with Gasteiger partial charge in [-0.15, -0.1) is 11.3 Å². The Kier molecular flexibility index (Phi) is 3.77. The van der Waals surface area contributed by atoms with Crippen LogP contribution in [0.2, 0.25) is 0 Å². The highest BCUT2D eigenvalue weighted by atomic mass is 32.1. The van der Waals surface area contributed by atoms with Crippen LogP contribution in [0, 0.1) is 0 Å². The monoisotopic (exact) mass is 386 g/mol. The van der Waals surface area contributed by atoms with E-state index in [1.807, 2.05) is 24.3 Å². The van der Waals surface area contributed by atoms with Crippen molar-refractivity contribution >= 4 is 49.7 Å². The number of aromatic nitrogens is 4. The van der Waals surface area contributed by atoms with Gasteiger partial charge in [-0.2, -0.15) is 5.10 Å². The van der Waals surface area contributed by atoms with Gasteiger partial charge < -0.3 is 11.1 Å². The molecule has 5 rings (SSSR count). The first-order valence-corrected chi connectivity index (χ1v) is 9.34. The standard InChI is InChI=1S/C20H14N6OS/c21-19-18(22-5-6-23-19)20(27)25-13-7-12-10-24-26-17(12)14(9-13)16-8-11-3-1-2-4-15(11)28-16/h1-10H,(H2,21,23)(H,24,26)(H,25,27). The summed E-state index contributed by atoms with van der Waals surface area (Å²) in [5.41, 5.74) is 8.39. The second kappa shape index (κ2) is 6.43. The molecular formula is C20H14N6OS. The highest BCUT2D eigenvalue weighted by Gasteiger charge is 2.15. The molecule has 0 atom stereocenters. The molecule has 4 N–H and O–H groups in total. The maximum atomic E-state index is 12.6. The number of fused-ring (bicyclic) bond motifs is 2. The molecule has 8 heteroatoms. The van der Waals surface area contributed by atoms with E-state index in [1.54, 1.807) is 17.5 Å². The van der Waals surface area contributed by atoms with E-state index in [2.05, 4.69) is 43.7 Å². The smallest absolute Gasteiger partial charge is 0.278 e. The predicted molar refractivity (Wildman–Crippen MR) is 111 cm³/mol. The average Bonchev–Trinajstić information content (AvgIpc) is 3.34. The largest absolute Gasteiger partial charge is 0.382 e. The van der Waals surface area contributed by atoms with Gasteiger partial charge in [0.2, 0.25) is 0 Å². The molecule has 5 aromatic rings. The Morgan fingerprint density at radius 3 is 2.79 bits per heavy atom. The molecule has 3 heterocycles. The van der Waals surface area contributed by atoms with Gasteiger partial charge in [-0.25, -0.2) is 9.97 Å². The number of anilines is 2. The van der Waals surface area contributed by atoms with Crippen LogP contribution in [0.5, 0.6) is 0 Å². The average molecular weight is 386 g/mol. The van der Waals surface area contributed by atoms with Crippen molar-refractivity contribution in [2.24, 2.45) is 0 Å². The molecule has 0 aliphatic rings. The predicted octanol–water partition coefficient (Wildman–Crippen LogP) is 4.07. The number of nitrogen functional groups attached to an aromatic ring is 1. The SMILES string of the molecule is Nc1nccnc1C(=O)Nc1cc(-c2cc3ccccc3s2)c2[nH]ncc2c1. The summed E-state index contributed by atoms with van der Waals surface area (Å²) in [7, 11) is 0. The highest BCUT2D eigenvalue weighted by Crippen LogP contribution is 2.38. The van der Waals surface area contributed by atoms with Crippen molar-refractivity contribution in [1.29, 1.82) is 0 Å². The fourth-order valence-electron chi connectivity index (χ4n) is 3.15. The van der Waals surface area contributed by atoms with Gasteiger partial charge >= 0.3 is 0 Å². The number of rotatable bonds is 3. The molecular weight excluding hydrogens is 372 g/mol. The first kappa shape index (κ1) is 16.4. The van der Waals surface area contributed by atoms with Gasteiger partial charge in [0.25, 0.3) is 5.91 Å². The molecule has 0 aliphatic heterocycles. The fraction of sp³-hybridized carbons (Fsp3) is 0. The normalized spacial score (nSPS) is 11.1. The molecule has 28 heavy (non-hydrogen) atoms. The number of thiophene rings is 1. The molecule has 0 unspecified atom stereocenters. The molecule has 0 aliphatic carbocycles. The fourth-order valence-corrected chi connectivity index (χ4v) is 4.24. The zero-order valence-corrected chi connectivity index (χ0v) is 15.3. The van der Waals surface area contributed by atoms with Gasteiger partial charge in [-0.3, -0.25) is 9.89 Å². The third-order valence-corrected chi connectivity index (χ3v) is 5.59. The second-order valence-electron chi connectivity index (χ2n) is 6.25. The number of carbonyl (C=O) groups excluding carboxylic acids is 1. The number of H-pyrrole nitrogens is 1. The zero-order chi connectivity index (χ0) is 19.1. The molecule has 136 valence electrons. The number of carbonyl (C=O) groups is 1. The van der Waals surface area contributed by atoms with Crippen molar-refractivity contribution in [2.45, 2.75) is 0 Å². The number of nitrogens with two attached hydrogens (primary N) is 1. The minimum atomic E-state index is -0.407. The van der Waals surface area contributed by atoms with Crippen LogP contribution < -0.4 is 11.1 Å². The van der Waals surface area contributed by atoms with Crippen LogP contribution in [0.15, 0.2) is 61.1 Å². The first-order chi connectivity index (χ1) is 13.7. The maximum Gasteiger partial charge on any atom is 0.278 e. The summed E-state index contributed by atoms with van der Waals surface area (Å²) in [6.45, 7) is 0. The van der Waals surface area contributed by atoms with Crippen LogP contribution in [-0.2, 0) is 0 Å². The quantitative estimate of drug-likeness (QED) is 0.433. The van der Waals surface area contributed by atoms with Gasteiger partial charge in [0, 0.05) is 38.6 Å². The van der Waals surface area contributed by atoms with E-state index in [-0.39, 0.29) is 11.5 Å². The van der Waals surface area contributed by atoms with Crippen molar-refractivity contribution in [3.63, 3.8) is 0 Å². The lowest BCUT2D eigenvalue weighted by Crippen LogP contribution is -2.16. The van der Waals surface area contributed by atoms with Gasteiger partial charge in [0.15, 0.2) is 11.5 Å². The topological polar surface area (TPSA) is 110 Å². The van der Waals surface area contributed by atoms with Gasteiger partial charge in [-0.05, 0) is 29.7 Å². The lowest BCUT2D eigenvalue weighted by atomic mass is 10.1. The molecule has 0 bridgehead atoms. The lowest BCUT2D eigenvalue weighted by Gasteiger charge is -2.08. The zero-order valence-electron chi connectivity index (χ0n) is 14.5. The molecule has 0 saturated heterocycles. The van der Waals surface area contributed by atoms with E-state index in [4.69, 9.17) is 5.73 Å². The second-order valence-corrected chi connectivity index (χ2v) is 7.33. The van der Waals surface area contributed by atoms with Crippen LogP contribution in [0.4, 0.5) is 11.5 Å². The maximum absolute atomic E-state index is 12.6. The van der Waals surface area contributed by atoms with Crippen LogP contribution in [0.3, 0.4) is 0 Å². The highest BCUT2D eigenvalue weighted by molar-refractivity contribution is 7.22. The summed E-state index contributed by atoms with van der Waals surface area (Å²) in [4.78, 5) is 21.6. The summed E-state index contributed by atoms with van der Waals surface area (Å²) >= 11 is 1.69. The summed E-state index contributed by atoms with van der Waals surface area (Å²) in [6.07, 6.45) is 4.62. The number of nitrogens with one attached hydrogen (secondary N) is 2. The molecule has 2 aromatic carbocycles. The summed E-state index contributed by atoms with van der Waals surface area (Å²) in [5, 5.41) is 12.2. The van der Waals surface area contributed by atoms with Crippen molar-refractivity contribution in [1.82, 2.24) is 20.2 Å². The molecule has 7 nitrogen and oxygen atoms in total. The molecule has 0 saturated carbocycles. The summed E-state index contributed by atoms with van der Waals surface area (Å²) in [6, 6.07) is 14.2. The third-order valence-electron chi connectivity index (χ3n) is 4.44. The van der Waals surface area contributed by atoms with Crippen LogP contribution in [-0.4, -0.2) is 26.1 Å². The summed E-state index contributed by atoms with van der Waals surface area (Å²) in [5.74, 6) is -0.315. The molecule has 1 amide bonds. The van der Waals surface area contributed by atoms with Crippen molar-refractivity contribution in [3.8, 4) is 10.4 Å². The molecule has 3 aromatic heterocycles. The number of hydrogen-bond acceptors (Lipinski definition) is 6. The van der Waals surface area contributed by atoms with E-state index >= 15 is 0 Å². The van der Waals surface area contributed by atoms with E-state index in [0.717, 1.165) is 21.3 Å². The Morgan fingerprint density at radius 2 is 1.93 bits per heavy atom. The number of aromatic amines is 1. The lowest BCUT2D eigenvalue weighted by molar-refractivity contribution is 0.102. The van der Waals surface area contributed by atoms with Gasteiger partial charge in [0.05, 0.1) is 11.7 Å². The van der Waals surface area contributed by atoms with Crippen LogP contribution >= 0.6 is 11.3 Å². The van der Waals surface area contributed by atoms with Crippen molar-refractivity contribution in [2.75, 3.05) is 11.1 Å². The summed E-state index contributed by atoms with van der Waals surface area (Å²) < 4.78 is 1.20.